The van der Waals surface area contributed by atoms with Crippen molar-refractivity contribution in [1.29, 1.82) is 5.26 Å². The molecule has 0 aliphatic rings. The number of halogens is 3. The van der Waals surface area contributed by atoms with Crippen molar-refractivity contribution in [2.75, 3.05) is 0 Å². The van der Waals surface area contributed by atoms with Crippen LogP contribution in [0.4, 0.5) is 12.9 Å². The molecule has 0 saturated carbocycles. The van der Waals surface area contributed by atoms with Gasteiger partial charge >= 0.3 is 6.98 Å². The van der Waals surface area contributed by atoms with Gasteiger partial charge in [-0.1, -0.05) is 36.1 Å². The number of hydrogen-bond acceptors (Lipinski definition) is 1. The molecule has 1 rings (SSSR count). The summed E-state index contributed by atoms with van der Waals surface area (Å²) in [6.45, 7) is -3.14. The predicted molar refractivity (Wildman–Crippen MR) is 53.3 cm³/mol. The molecule has 1 aromatic carbocycles. The second kappa shape index (κ2) is 4.39. The van der Waals surface area contributed by atoms with E-state index in [9.17, 15) is 12.9 Å². The van der Waals surface area contributed by atoms with E-state index in [1.54, 1.807) is 19.1 Å². The summed E-state index contributed by atoms with van der Waals surface area (Å²) >= 11 is 0. The average molecular weight is 212 g/mol. The molecule has 0 N–H and O–H groups in total. The van der Waals surface area contributed by atoms with Gasteiger partial charge in [0, 0.05) is 0 Å². The lowest BCUT2D eigenvalue weighted by atomic mass is 9.81. The zero-order valence-electron chi connectivity index (χ0n) is 8.25. The fourth-order valence-electron chi connectivity index (χ4n) is 1.33. The lowest BCUT2D eigenvalue weighted by molar-refractivity contribution is 0.468. The quantitative estimate of drug-likeness (QED) is 0.705. The summed E-state index contributed by atoms with van der Waals surface area (Å²) in [5, 5.41) is 8.64. The van der Waals surface area contributed by atoms with Crippen molar-refractivity contribution in [2.45, 2.75) is 19.2 Å². The first kappa shape index (κ1) is 11.6. The molecule has 1 unspecified atom stereocenters. The summed E-state index contributed by atoms with van der Waals surface area (Å²) < 4.78 is 36.5. The van der Waals surface area contributed by atoms with Crippen molar-refractivity contribution in [3.05, 3.63) is 35.4 Å². The van der Waals surface area contributed by atoms with Gasteiger partial charge in [0.1, 0.15) is 0 Å². The molecule has 1 nitrogen and oxygen atoms in total. The van der Waals surface area contributed by atoms with Crippen LogP contribution in [-0.4, -0.2) is 6.98 Å². The average Bonchev–Trinajstić information content (AvgIpc) is 2.14. The number of benzene rings is 1. The summed E-state index contributed by atoms with van der Waals surface area (Å²) in [7, 11) is 0. The van der Waals surface area contributed by atoms with Gasteiger partial charge in [-0.05, 0) is 12.5 Å². The highest BCUT2D eigenvalue weighted by Crippen LogP contribution is 2.20. The van der Waals surface area contributed by atoms with E-state index in [-0.39, 0.29) is 11.5 Å². The summed E-state index contributed by atoms with van der Waals surface area (Å²) in [6, 6.07) is 8.10. The van der Waals surface area contributed by atoms with E-state index in [2.05, 4.69) is 0 Å². The molecule has 0 radical (unpaired) electrons. The van der Waals surface area contributed by atoms with Crippen LogP contribution in [0.1, 0.15) is 24.0 Å². The normalized spacial score (nSPS) is 13.3. The van der Waals surface area contributed by atoms with E-state index in [1.165, 1.54) is 12.1 Å². The van der Waals surface area contributed by atoms with Crippen LogP contribution >= 0.6 is 0 Å². The smallest absolute Gasteiger partial charge is 0.449 e. The van der Waals surface area contributed by atoms with Gasteiger partial charge in [-0.25, -0.2) is 0 Å². The molecule has 1 aromatic rings. The van der Waals surface area contributed by atoms with E-state index >= 15 is 0 Å². The standard InChI is InChI=1S/C10H10BF3N/c1-8(7-15)10-4-2-3-9(5-10)6-11(12,13)14/h2-5,8H,6H2,1H3/q-1. The van der Waals surface area contributed by atoms with E-state index in [1.807, 2.05) is 6.07 Å². The van der Waals surface area contributed by atoms with E-state index in [0.717, 1.165) is 0 Å². The Morgan fingerprint density at radius 2 is 2.07 bits per heavy atom. The molecular formula is C10H10BF3N-. The first-order valence-electron chi connectivity index (χ1n) is 4.62. The summed E-state index contributed by atoms with van der Waals surface area (Å²) in [6.07, 6.45) is -0.883. The van der Waals surface area contributed by atoms with Crippen LogP contribution in [0.25, 0.3) is 0 Å². The molecular weight excluding hydrogens is 202 g/mol. The molecule has 0 aliphatic heterocycles. The molecule has 15 heavy (non-hydrogen) atoms. The maximum absolute atomic E-state index is 12.2. The molecule has 0 aromatic heterocycles. The van der Waals surface area contributed by atoms with Crippen molar-refractivity contribution in [3.63, 3.8) is 0 Å². The number of nitrogens with zero attached hydrogens (tertiary/aromatic N) is 1. The van der Waals surface area contributed by atoms with Crippen molar-refractivity contribution in [2.24, 2.45) is 0 Å². The molecule has 0 bridgehead atoms. The Balaban J connectivity index is 2.89. The molecule has 5 heteroatoms. The largest absolute Gasteiger partial charge is 0.482 e. The van der Waals surface area contributed by atoms with Crippen LogP contribution < -0.4 is 0 Å². The fraction of sp³-hybridized carbons (Fsp3) is 0.300. The first-order chi connectivity index (χ1) is 6.92. The van der Waals surface area contributed by atoms with Crippen molar-refractivity contribution in [1.82, 2.24) is 0 Å². The number of hydrogen-bond donors (Lipinski definition) is 0. The highest BCUT2D eigenvalue weighted by atomic mass is 19.4. The fourth-order valence-corrected chi connectivity index (χ4v) is 1.33. The molecule has 0 amide bonds. The van der Waals surface area contributed by atoms with Gasteiger partial charge < -0.3 is 12.9 Å². The maximum atomic E-state index is 12.2. The molecule has 80 valence electrons. The topological polar surface area (TPSA) is 23.8 Å². The Bertz CT molecular complexity index is 381. The third kappa shape index (κ3) is 3.66. The monoisotopic (exact) mass is 212 g/mol. The summed E-state index contributed by atoms with van der Waals surface area (Å²) in [4.78, 5) is 0. The first-order valence-corrected chi connectivity index (χ1v) is 4.62. The number of rotatable bonds is 3. The predicted octanol–water partition coefficient (Wildman–Crippen LogP) is 3.24. The minimum atomic E-state index is -4.81. The third-order valence-electron chi connectivity index (χ3n) is 2.11. The second-order valence-electron chi connectivity index (χ2n) is 3.51. The van der Waals surface area contributed by atoms with Crippen molar-refractivity contribution >= 4 is 6.98 Å². The lowest BCUT2D eigenvalue weighted by Gasteiger charge is -2.14. The van der Waals surface area contributed by atoms with E-state index in [0.29, 0.717) is 5.56 Å². The van der Waals surface area contributed by atoms with Gasteiger partial charge in [0.05, 0.1) is 12.0 Å². The van der Waals surface area contributed by atoms with Crippen LogP contribution in [-0.2, 0) is 6.32 Å². The SMILES string of the molecule is CC(C#N)c1cccc(C[B-](F)(F)F)c1. The highest BCUT2D eigenvalue weighted by Gasteiger charge is 2.23. The molecule has 1 atom stereocenters. The van der Waals surface area contributed by atoms with E-state index < -0.39 is 13.3 Å². The zero-order chi connectivity index (χ0) is 11.5. The maximum Gasteiger partial charge on any atom is 0.482 e. The van der Waals surface area contributed by atoms with Crippen LogP contribution in [0, 0.1) is 11.3 Å². The van der Waals surface area contributed by atoms with Gasteiger partial charge in [0.15, 0.2) is 0 Å². The van der Waals surface area contributed by atoms with Crippen LogP contribution in [0.3, 0.4) is 0 Å². The Hall–Kier alpha value is -1.44. The Morgan fingerprint density at radius 3 is 2.60 bits per heavy atom. The highest BCUT2D eigenvalue weighted by molar-refractivity contribution is 6.57. The van der Waals surface area contributed by atoms with Gasteiger partial charge in [0.25, 0.3) is 0 Å². The zero-order valence-corrected chi connectivity index (χ0v) is 8.25. The van der Waals surface area contributed by atoms with Crippen molar-refractivity contribution in [3.8, 4) is 6.07 Å². The van der Waals surface area contributed by atoms with Gasteiger partial charge in [0.2, 0.25) is 0 Å². The molecule has 0 aliphatic carbocycles. The number of nitriles is 1. The van der Waals surface area contributed by atoms with Crippen molar-refractivity contribution < 1.29 is 12.9 Å². The van der Waals surface area contributed by atoms with Gasteiger partial charge in [-0.15, -0.1) is 0 Å². The van der Waals surface area contributed by atoms with Crippen LogP contribution in [0.15, 0.2) is 24.3 Å². The second-order valence-corrected chi connectivity index (χ2v) is 3.51. The van der Waals surface area contributed by atoms with Gasteiger partial charge in [-0.3, -0.25) is 0 Å². The third-order valence-corrected chi connectivity index (χ3v) is 2.11. The van der Waals surface area contributed by atoms with Crippen LogP contribution in [0.5, 0.6) is 0 Å². The Kier molecular flexibility index (Phi) is 3.41. The summed E-state index contributed by atoms with van der Waals surface area (Å²) in [5.41, 5.74) is 0.858. The molecule has 0 fully saturated rings. The van der Waals surface area contributed by atoms with Crippen LogP contribution in [0.2, 0.25) is 0 Å². The minimum absolute atomic E-state index is 0.224. The lowest BCUT2D eigenvalue weighted by Crippen LogP contribution is -2.19. The van der Waals surface area contributed by atoms with Gasteiger partial charge in [-0.2, -0.15) is 5.26 Å². The summed E-state index contributed by atoms with van der Waals surface area (Å²) in [5.74, 6) is -0.370. The molecule has 0 heterocycles. The molecule has 0 spiro atoms. The Morgan fingerprint density at radius 1 is 1.40 bits per heavy atom. The molecule has 0 saturated heterocycles. The Labute approximate surface area is 86.6 Å². The van der Waals surface area contributed by atoms with E-state index in [4.69, 9.17) is 5.26 Å². The minimum Gasteiger partial charge on any atom is -0.449 e.